The molecule has 20 heavy (non-hydrogen) atoms. The first-order valence-electron chi connectivity index (χ1n) is 6.65. The molecular formula is C15H23FN2O2. The molecule has 1 rings (SSSR count). The van der Waals surface area contributed by atoms with Crippen molar-refractivity contribution in [1.29, 1.82) is 0 Å². The van der Waals surface area contributed by atoms with Crippen molar-refractivity contribution >= 4 is 5.91 Å². The Balaban J connectivity index is 2.44. The maximum absolute atomic E-state index is 13.0. The summed E-state index contributed by atoms with van der Waals surface area (Å²) in [6, 6.07) is 5.32. The van der Waals surface area contributed by atoms with Crippen LogP contribution in [0.1, 0.15) is 27.7 Å². The molecule has 0 aliphatic rings. The number of nitrogens with one attached hydrogen (secondary N) is 1. The van der Waals surface area contributed by atoms with E-state index in [1.807, 2.05) is 20.8 Å². The predicted molar refractivity (Wildman–Crippen MR) is 76.9 cm³/mol. The summed E-state index contributed by atoms with van der Waals surface area (Å²) in [6.07, 6.45) is -0.270. The normalized spacial score (nSPS) is 14.5. The molecule has 0 aromatic heterocycles. The molecule has 0 saturated heterocycles. The molecule has 1 amide bonds. The van der Waals surface area contributed by atoms with Gasteiger partial charge in [-0.2, -0.15) is 0 Å². The first-order chi connectivity index (χ1) is 9.20. The fraction of sp³-hybridized carbons (Fsp3) is 0.533. The molecule has 1 aromatic rings. The van der Waals surface area contributed by atoms with Crippen molar-refractivity contribution in [2.24, 2.45) is 11.1 Å². The number of hydrogen-bond acceptors (Lipinski definition) is 3. The molecule has 0 spiro atoms. The molecule has 3 N–H and O–H groups in total. The summed E-state index contributed by atoms with van der Waals surface area (Å²) in [5.41, 5.74) is 5.56. The summed E-state index contributed by atoms with van der Waals surface area (Å²) in [5.74, 6) is -0.132. The Hall–Kier alpha value is -1.62. The van der Waals surface area contributed by atoms with Crippen LogP contribution in [0.3, 0.4) is 0 Å². The Morgan fingerprint density at radius 2 is 2.10 bits per heavy atom. The first kappa shape index (κ1) is 16.4. The molecule has 0 radical (unpaired) electrons. The van der Waals surface area contributed by atoms with Crippen molar-refractivity contribution in [2.75, 3.05) is 6.54 Å². The molecule has 4 nitrogen and oxygen atoms in total. The minimum atomic E-state index is -0.580. The Labute approximate surface area is 119 Å². The third-order valence-corrected chi connectivity index (χ3v) is 2.91. The number of halogens is 1. The summed E-state index contributed by atoms with van der Waals surface area (Å²) < 4.78 is 18.5. The molecule has 0 fully saturated rings. The highest BCUT2D eigenvalue weighted by Gasteiger charge is 2.27. The molecule has 0 aliphatic carbocycles. The fourth-order valence-electron chi connectivity index (χ4n) is 1.56. The van der Waals surface area contributed by atoms with Gasteiger partial charge in [-0.05, 0) is 24.5 Å². The van der Waals surface area contributed by atoms with E-state index in [0.717, 1.165) is 0 Å². The lowest BCUT2D eigenvalue weighted by Gasteiger charge is -2.26. The maximum atomic E-state index is 13.0. The molecular weight excluding hydrogens is 259 g/mol. The zero-order valence-corrected chi connectivity index (χ0v) is 12.4. The first-order valence-corrected chi connectivity index (χ1v) is 6.65. The average Bonchev–Trinajstić information content (AvgIpc) is 2.34. The van der Waals surface area contributed by atoms with E-state index < -0.39 is 6.04 Å². The van der Waals surface area contributed by atoms with Crippen molar-refractivity contribution in [1.82, 2.24) is 5.32 Å². The van der Waals surface area contributed by atoms with Crippen LogP contribution in [0, 0.1) is 11.2 Å². The number of rotatable bonds is 5. The second-order valence-corrected chi connectivity index (χ2v) is 5.97. The topological polar surface area (TPSA) is 64.4 Å². The molecule has 5 heteroatoms. The Kier molecular flexibility index (Phi) is 5.51. The van der Waals surface area contributed by atoms with E-state index in [0.29, 0.717) is 12.3 Å². The van der Waals surface area contributed by atoms with E-state index >= 15 is 0 Å². The van der Waals surface area contributed by atoms with Crippen molar-refractivity contribution in [3.05, 3.63) is 30.1 Å². The van der Waals surface area contributed by atoms with E-state index in [1.165, 1.54) is 12.1 Å². The summed E-state index contributed by atoms with van der Waals surface area (Å²) in [5, 5.41) is 2.74. The minimum absolute atomic E-state index is 0.216. The lowest BCUT2D eigenvalue weighted by atomic mass is 9.87. The van der Waals surface area contributed by atoms with Crippen molar-refractivity contribution < 1.29 is 13.9 Å². The zero-order chi connectivity index (χ0) is 15.3. The highest BCUT2D eigenvalue weighted by Crippen LogP contribution is 2.17. The number of nitrogens with two attached hydrogens (primary N) is 1. The molecule has 1 aromatic carbocycles. The summed E-state index contributed by atoms with van der Waals surface area (Å²) in [7, 11) is 0. The van der Waals surface area contributed by atoms with Gasteiger partial charge in [-0.3, -0.25) is 4.79 Å². The van der Waals surface area contributed by atoms with Gasteiger partial charge >= 0.3 is 0 Å². The van der Waals surface area contributed by atoms with E-state index in [-0.39, 0.29) is 23.2 Å². The minimum Gasteiger partial charge on any atom is -0.489 e. The number of ether oxygens (including phenoxy) is 1. The van der Waals surface area contributed by atoms with Gasteiger partial charge in [0.1, 0.15) is 17.7 Å². The van der Waals surface area contributed by atoms with Gasteiger partial charge in [0, 0.05) is 6.07 Å². The lowest BCUT2D eigenvalue weighted by molar-refractivity contribution is -0.124. The molecule has 0 bridgehead atoms. The Bertz CT molecular complexity index is 457. The van der Waals surface area contributed by atoms with Gasteiger partial charge in [0.2, 0.25) is 5.91 Å². The van der Waals surface area contributed by atoms with Crippen LogP contribution in [0.25, 0.3) is 0 Å². The van der Waals surface area contributed by atoms with Gasteiger partial charge in [0.05, 0.1) is 12.6 Å². The second-order valence-electron chi connectivity index (χ2n) is 5.97. The standard InChI is InChI=1S/C15H23FN2O2/c1-10(20-12-7-5-6-11(16)8-12)9-18-14(19)13(17)15(2,3)4/h5-8,10,13H,9,17H2,1-4H3,(H,18,19)/t10?,13-/m1/s1. The number of amides is 1. The highest BCUT2D eigenvalue weighted by molar-refractivity contribution is 5.82. The van der Waals surface area contributed by atoms with Gasteiger partial charge < -0.3 is 15.8 Å². The van der Waals surface area contributed by atoms with Crippen molar-refractivity contribution in [2.45, 2.75) is 39.8 Å². The monoisotopic (exact) mass is 282 g/mol. The largest absolute Gasteiger partial charge is 0.489 e. The summed E-state index contributed by atoms with van der Waals surface area (Å²) in [4.78, 5) is 11.8. The van der Waals surface area contributed by atoms with Crippen LogP contribution in [0.4, 0.5) is 4.39 Å². The van der Waals surface area contributed by atoms with Crippen LogP contribution in [0.15, 0.2) is 24.3 Å². The summed E-state index contributed by atoms with van der Waals surface area (Å²) >= 11 is 0. The lowest BCUT2D eigenvalue weighted by Crippen LogP contribution is -2.50. The number of hydrogen-bond donors (Lipinski definition) is 2. The molecule has 0 saturated carbocycles. The zero-order valence-electron chi connectivity index (χ0n) is 12.4. The van der Waals surface area contributed by atoms with Gasteiger partial charge in [-0.1, -0.05) is 26.8 Å². The van der Waals surface area contributed by atoms with Crippen molar-refractivity contribution in [3.63, 3.8) is 0 Å². The van der Waals surface area contributed by atoms with Gasteiger partial charge in [0.15, 0.2) is 0 Å². The Morgan fingerprint density at radius 1 is 1.45 bits per heavy atom. The van der Waals surface area contributed by atoms with Gasteiger partial charge in [-0.25, -0.2) is 4.39 Å². The van der Waals surface area contributed by atoms with E-state index in [4.69, 9.17) is 10.5 Å². The average molecular weight is 282 g/mol. The van der Waals surface area contributed by atoms with E-state index in [1.54, 1.807) is 19.1 Å². The maximum Gasteiger partial charge on any atom is 0.237 e. The SMILES string of the molecule is CC(CNC(=O)[C@@H](N)C(C)(C)C)Oc1cccc(F)c1. The van der Waals surface area contributed by atoms with E-state index in [9.17, 15) is 9.18 Å². The van der Waals surface area contributed by atoms with Crippen LogP contribution in [-0.4, -0.2) is 24.6 Å². The third-order valence-electron chi connectivity index (χ3n) is 2.91. The van der Waals surface area contributed by atoms with Crippen LogP contribution >= 0.6 is 0 Å². The second kappa shape index (κ2) is 6.70. The van der Waals surface area contributed by atoms with E-state index in [2.05, 4.69) is 5.32 Å². The number of carbonyl (C=O) groups is 1. The molecule has 0 aliphatic heterocycles. The third kappa shape index (κ3) is 5.17. The molecule has 1 unspecified atom stereocenters. The molecule has 0 heterocycles. The van der Waals surface area contributed by atoms with Crippen molar-refractivity contribution in [3.8, 4) is 5.75 Å². The fourth-order valence-corrected chi connectivity index (χ4v) is 1.56. The van der Waals surface area contributed by atoms with Gasteiger partial charge in [-0.15, -0.1) is 0 Å². The highest BCUT2D eigenvalue weighted by atomic mass is 19.1. The number of benzene rings is 1. The van der Waals surface area contributed by atoms with Crippen LogP contribution in [0.2, 0.25) is 0 Å². The van der Waals surface area contributed by atoms with Gasteiger partial charge in [0.25, 0.3) is 0 Å². The predicted octanol–water partition coefficient (Wildman–Crippen LogP) is 2.08. The van der Waals surface area contributed by atoms with Crippen LogP contribution < -0.4 is 15.8 Å². The smallest absolute Gasteiger partial charge is 0.237 e. The number of carbonyl (C=O) groups excluding carboxylic acids is 1. The Morgan fingerprint density at radius 3 is 2.65 bits per heavy atom. The van der Waals surface area contributed by atoms with Crippen LogP contribution in [0.5, 0.6) is 5.75 Å². The summed E-state index contributed by atoms with van der Waals surface area (Å²) in [6.45, 7) is 7.84. The molecule has 2 atom stereocenters. The van der Waals surface area contributed by atoms with Crippen LogP contribution in [-0.2, 0) is 4.79 Å². The quantitative estimate of drug-likeness (QED) is 0.869. The molecule has 112 valence electrons.